The molecule has 0 aromatic carbocycles. The van der Waals surface area contributed by atoms with Gasteiger partial charge in [0, 0.05) is 13.0 Å². The van der Waals surface area contributed by atoms with Crippen LogP contribution < -0.4 is 0 Å². The lowest BCUT2D eigenvalue weighted by Crippen LogP contribution is -2.37. The second-order valence-electron chi connectivity index (χ2n) is 17.8. The molecule has 0 aliphatic rings. The summed E-state index contributed by atoms with van der Waals surface area (Å²) < 4.78 is 35.1. The maximum absolute atomic E-state index is 12.7. The van der Waals surface area contributed by atoms with Gasteiger partial charge in [0.15, 0.2) is 0 Å². The fourth-order valence-corrected chi connectivity index (χ4v) is 7.66. The van der Waals surface area contributed by atoms with Gasteiger partial charge in [0.1, 0.15) is 19.3 Å². The predicted molar refractivity (Wildman–Crippen MR) is 252 cm³/mol. The molecule has 0 aliphatic carbocycles. The van der Waals surface area contributed by atoms with Gasteiger partial charge in [0.05, 0.1) is 34.4 Å². The van der Waals surface area contributed by atoms with Gasteiger partial charge in [-0.15, -0.1) is 0 Å². The third-order valence-electron chi connectivity index (χ3n) is 10.7. The minimum atomic E-state index is -4.28. The molecule has 0 aliphatic heterocycles. The molecule has 2 unspecified atom stereocenters. The van der Waals surface area contributed by atoms with Crippen LogP contribution in [0, 0.1) is 0 Å². The number of hydrogen-bond acceptors (Lipinski definition) is 6. The van der Waals surface area contributed by atoms with Gasteiger partial charge in [-0.3, -0.25) is 13.8 Å². The number of carbonyl (C=O) groups excluding carboxylic acids is 1. The van der Waals surface area contributed by atoms with E-state index < -0.39 is 13.9 Å². The summed E-state index contributed by atoms with van der Waals surface area (Å²) in [6.45, 7) is 5.53. The van der Waals surface area contributed by atoms with Crippen LogP contribution in [0.25, 0.3) is 0 Å². The molecule has 0 aromatic rings. The molecule has 0 rings (SSSR count). The number of allylic oxidation sites excluding steroid dienone is 6. The average molecular weight is 855 g/mol. The van der Waals surface area contributed by atoms with Crippen LogP contribution in [0.3, 0.4) is 0 Å². The first-order valence-electron chi connectivity index (χ1n) is 24.7. The zero-order chi connectivity index (χ0) is 43.4. The van der Waals surface area contributed by atoms with Crippen molar-refractivity contribution >= 4 is 13.8 Å². The molecule has 9 heteroatoms. The SMILES string of the molecule is CC/C=C\C/C=C\C/C=C\CCCCCCCCCCOCC(COP(=O)(O)OCC[N+](C)(C)C)OC(=O)CCCCCCCCCCCCCCCCCCCCC. The Kier molecular flexibility index (Phi) is 42.4. The van der Waals surface area contributed by atoms with Crippen molar-refractivity contribution in [1.29, 1.82) is 0 Å². The van der Waals surface area contributed by atoms with Gasteiger partial charge in [-0.05, 0) is 44.9 Å². The van der Waals surface area contributed by atoms with E-state index in [9.17, 15) is 14.3 Å². The van der Waals surface area contributed by atoms with Crippen molar-refractivity contribution in [2.24, 2.45) is 0 Å². The average Bonchev–Trinajstić information content (AvgIpc) is 3.19. The van der Waals surface area contributed by atoms with Gasteiger partial charge in [-0.25, -0.2) is 4.57 Å². The van der Waals surface area contributed by atoms with Crippen LogP contribution in [-0.4, -0.2) is 75.6 Å². The van der Waals surface area contributed by atoms with Crippen molar-refractivity contribution < 1.29 is 37.3 Å². The fourth-order valence-electron chi connectivity index (χ4n) is 6.92. The monoisotopic (exact) mass is 855 g/mol. The van der Waals surface area contributed by atoms with E-state index in [2.05, 4.69) is 50.3 Å². The van der Waals surface area contributed by atoms with Crippen molar-refractivity contribution in [2.75, 3.05) is 54.1 Å². The highest BCUT2D eigenvalue weighted by molar-refractivity contribution is 7.47. The maximum atomic E-state index is 12.7. The number of hydrogen-bond donors (Lipinski definition) is 1. The lowest BCUT2D eigenvalue weighted by Gasteiger charge is -2.24. The second kappa shape index (κ2) is 43.4. The number of phosphoric ester groups is 1. The molecule has 0 radical (unpaired) electrons. The molecule has 59 heavy (non-hydrogen) atoms. The highest BCUT2D eigenvalue weighted by atomic mass is 31.2. The molecular weight excluding hydrogens is 758 g/mol. The third kappa shape index (κ3) is 47.6. The van der Waals surface area contributed by atoms with E-state index in [0.717, 1.165) is 51.4 Å². The molecule has 0 saturated heterocycles. The Balaban J connectivity index is 4.15. The quantitative estimate of drug-likeness (QED) is 0.0214. The maximum Gasteiger partial charge on any atom is 0.472 e. The molecular formula is C50H97NO7P+. The number of quaternary nitrogens is 1. The van der Waals surface area contributed by atoms with Crippen molar-refractivity contribution in [3.05, 3.63) is 36.5 Å². The Bertz CT molecular complexity index is 1040. The van der Waals surface area contributed by atoms with Crippen LogP contribution >= 0.6 is 7.82 Å². The van der Waals surface area contributed by atoms with E-state index in [1.54, 1.807) is 0 Å². The van der Waals surface area contributed by atoms with Gasteiger partial charge < -0.3 is 18.9 Å². The van der Waals surface area contributed by atoms with E-state index in [4.69, 9.17) is 18.5 Å². The summed E-state index contributed by atoms with van der Waals surface area (Å²) in [5.41, 5.74) is 0. The van der Waals surface area contributed by atoms with Crippen LogP contribution in [-0.2, 0) is 27.9 Å². The Morgan fingerprint density at radius 3 is 1.47 bits per heavy atom. The highest BCUT2D eigenvalue weighted by Gasteiger charge is 2.26. The Labute approximate surface area is 365 Å². The molecule has 0 amide bonds. The minimum absolute atomic E-state index is 0.0881. The largest absolute Gasteiger partial charge is 0.472 e. The van der Waals surface area contributed by atoms with Crippen LogP contribution in [0.15, 0.2) is 36.5 Å². The van der Waals surface area contributed by atoms with Crippen LogP contribution in [0.5, 0.6) is 0 Å². The van der Waals surface area contributed by atoms with Crippen LogP contribution in [0.4, 0.5) is 0 Å². The highest BCUT2D eigenvalue weighted by Crippen LogP contribution is 2.43. The first-order valence-corrected chi connectivity index (χ1v) is 26.2. The summed E-state index contributed by atoms with van der Waals surface area (Å²) in [5.74, 6) is -0.313. The number of phosphoric acid groups is 1. The number of rotatable bonds is 46. The third-order valence-corrected chi connectivity index (χ3v) is 11.7. The molecule has 1 N–H and O–H groups in total. The van der Waals surface area contributed by atoms with E-state index >= 15 is 0 Å². The summed E-state index contributed by atoms with van der Waals surface area (Å²) in [4.78, 5) is 23.0. The topological polar surface area (TPSA) is 91.3 Å². The Hall–Kier alpha value is -1.28. The number of ether oxygens (including phenoxy) is 2. The van der Waals surface area contributed by atoms with E-state index in [0.29, 0.717) is 24.1 Å². The molecule has 348 valence electrons. The molecule has 0 bridgehead atoms. The van der Waals surface area contributed by atoms with Gasteiger partial charge in [0.2, 0.25) is 0 Å². The van der Waals surface area contributed by atoms with Crippen LogP contribution in [0.1, 0.15) is 219 Å². The van der Waals surface area contributed by atoms with E-state index in [-0.39, 0.29) is 25.8 Å². The summed E-state index contributed by atoms with van der Waals surface area (Å²) in [6, 6.07) is 0. The van der Waals surface area contributed by atoms with Crippen molar-refractivity contribution in [3.8, 4) is 0 Å². The number of unbranched alkanes of at least 4 members (excludes halogenated alkanes) is 26. The van der Waals surface area contributed by atoms with Crippen LogP contribution in [0.2, 0.25) is 0 Å². The standard InChI is InChI=1S/C50H96NO7P/c1-6-8-10-12-14-16-18-20-22-24-26-27-29-31-33-35-37-39-41-43-50(52)58-49(48-57-59(53,54)56-46-44-51(3,4)5)47-55-45-42-40-38-36-34-32-30-28-25-23-21-19-17-15-13-11-9-7-2/h9,11,15,17,21,23,49H,6-8,10,12-14,16,18-20,22,24-48H2,1-5H3/p+1/b11-9-,17-15-,23-21-. The number of carbonyl (C=O) groups is 1. The zero-order valence-corrected chi connectivity index (χ0v) is 40.4. The number of esters is 1. The molecule has 8 nitrogen and oxygen atoms in total. The van der Waals surface area contributed by atoms with Crippen molar-refractivity contribution in [1.82, 2.24) is 0 Å². The number of likely N-dealkylation sites (N-methyl/N-ethyl adjacent to an activating group) is 1. The second-order valence-corrected chi connectivity index (χ2v) is 19.3. The zero-order valence-electron chi connectivity index (χ0n) is 39.5. The smallest absolute Gasteiger partial charge is 0.457 e. The first-order chi connectivity index (χ1) is 28.6. The molecule has 0 heterocycles. The van der Waals surface area contributed by atoms with E-state index in [1.165, 1.54) is 148 Å². The van der Waals surface area contributed by atoms with Crippen molar-refractivity contribution in [3.63, 3.8) is 0 Å². The normalized spacial score (nSPS) is 13.9. The predicted octanol–water partition coefficient (Wildman–Crippen LogP) is 14.9. The van der Waals surface area contributed by atoms with Crippen molar-refractivity contribution in [2.45, 2.75) is 225 Å². The fraction of sp³-hybridized carbons (Fsp3) is 0.860. The summed E-state index contributed by atoms with van der Waals surface area (Å²) in [7, 11) is 1.67. The summed E-state index contributed by atoms with van der Waals surface area (Å²) in [6.07, 6.45) is 51.8. The lowest BCUT2D eigenvalue weighted by atomic mass is 10.0. The summed E-state index contributed by atoms with van der Waals surface area (Å²) >= 11 is 0. The minimum Gasteiger partial charge on any atom is -0.457 e. The van der Waals surface area contributed by atoms with Gasteiger partial charge in [-0.2, -0.15) is 0 Å². The lowest BCUT2D eigenvalue weighted by molar-refractivity contribution is -0.870. The number of nitrogens with zero attached hydrogens (tertiary/aromatic N) is 1. The first kappa shape index (κ1) is 57.7. The van der Waals surface area contributed by atoms with Gasteiger partial charge in [0.25, 0.3) is 0 Å². The Morgan fingerprint density at radius 2 is 0.983 bits per heavy atom. The Morgan fingerprint density at radius 1 is 0.542 bits per heavy atom. The molecule has 0 saturated carbocycles. The molecule has 0 aromatic heterocycles. The summed E-state index contributed by atoms with van der Waals surface area (Å²) in [5, 5.41) is 0. The molecule has 0 fully saturated rings. The van der Waals surface area contributed by atoms with Gasteiger partial charge in [-0.1, -0.05) is 204 Å². The molecule has 0 spiro atoms. The van der Waals surface area contributed by atoms with E-state index in [1.807, 2.05) is 21.1 Å². The molecule has 2 atom stereocenters. The van der Waals surface area contributed by atoms with Gasteiger partial charge >= 0.3 is 13.8 Å².